The predicted molar refractivity (Wildman–Crippen MR) is 82.9 cm³/mol. The van der Waals surface area contributed by atoms with Crippen molar-refractivity contribution in [3.8, 4) is 0 Å². The normalized spacial score (nSPS) is 29.7. The molecule has 3 nitrogen and oxygen atoms in total. The molecular weight excluding hydrogens is 262 g/mol. The van der Waals surface area contributed by atoms with Gasteiger partial charge in [0, 0.05) is 24.5 Å². The zero-order chi connectivity index (χ0) is 14.7. The van der Waals surface area contributed by atoms with Gasteiger partial charge in [0.1, 0.15) is 0 Å². The molecule has 3 rings (SSSR count). The molecule has 2 atom stereocenters. The van der Waals surface area contributed by atoms with Crippen molar-refractivity contribution in [1.82, 2.24) is 4.90 Å². The Hall–Kier alpha value is -1.45. The minimum atomic E-state index is 0.173. The fourth-order valence-electron chi connectivity index (χ4n) is 3.57. The number of ether oxygens (including phenoxy) is 1. The molecule has 21 heavy (non-hydrogen) atoms. The Morgan fingerprint density at radius 2 is 1.90 bits per heavy atom. The van der Waals surface area contributed by atoms with Crippen molar-refractivity contribution in [2.45, 2.75) is 38.4 Å². The van der Waals surface area contributed by atoms with E-state index in [1.165, 1.54) is 5.56 Å². The first-order chi connectivity index (χ1) is 10.3. The van der Waals surface area contributed by atoms with E-state index in [1.807, 2.05) is 13.0 Å². The average Bonchev–Trinajstić information content (AvgIpc) is 2.48. The van der Waals surface area contributed by atoms with Gasteiger partial charge in [0.25, 0.3) is 0 Å². The summed E-state index contributed by atoms with van der Waals surface area (Å²) in [5.74, 6) is 0.459. The minimum absolute atomic E-state index is 0.173. The van der Waals surface area contributed by atoms with Gasteiger partial charge in [0.05, 0.1) is 13.2 Å². The molecule has 3 heteroatoms. The smallest absolute Gasteiger partial charge is 0.158 e. The molecule has 2 unspecified atom stereocenters. The highest BCUT2D eigenvalue weighted by atomic mass is 16.5. The van der Waals surface area contributed by atoms with E-state index in [1.54, 1.807) is 6.08 Å². The number of allylic oxidation sites excluding steroid dienone is 2. The summed E-state index contributed by atoms with van der Waals surface area (Å²) in [5, 5.41) is 0. The zero-order valence-corrected chi connectivity index (χ0v) is 12.6. The van der Waals surface area contributed by atoms with Gasteiger partial charge < -0.3 is 4.74 Å². The monoisotopic (exact) mass is 285 g/mol. The molecule has 0 aliphatic carbocycles. The van der Waals surface area contributed by atoms with E-state index >= 15 is 0 Å². The first-order valence-electron chi connectivity index (χ1n) is 7.82. The topological polar surface area (TPSA) is 29.5 Å². The second-order valence-corrected chi connectivity index (χ2v) is 6.07. The highest BCUT2D eigenvalue weighted by molar-refractivity contribution is 5.91. The summed E-state index contributed by atoms with van der Waals surface area (Å²) in [6.45, 7) is 4.38. The summed E-state index contributed by atoms with van der Waals surface area (Å²) >= 11 is 0. The largest absolute Gasteiger partial charge is 0.378 e. The van der Waals surface area contributed by atoms with Crippen LogP contribution in [0.5, 0.6) is 0 Å². The van der Waals surface area contributed by atoms with Crippen LogP contribution in [0, 0.1) is 5.92 Å². The highest BCUT2D eigenvalue weighted by Crippen LogP contribution is 2.33. The summed E-state index contributed by atoms with van der Waals surface area (Å²) in [7, 11) is 0. The lowest BCUT2D eigenvalue weighted by Crippen LogP contribution is -2.57. The molecule has 0 saturated carbocycles. The number of piperidine rings is 1. The van der Waals surface area contributed by atoms with Crippen molar-refractivity contribution in [3.63, 3.8) is 0 Å². The maximum absolute atomic E-state index is 12.1. The van der Waals surface area contributed by atoms with Gasteiger partial charge >= 0.3 is 0 Å². The van der Waals surface area contributed by atoms with Crippen LogP contribution in [0.2, 0.25) is 0 Å². The molecule has 1 aromatic rings. The summed E-state index contributed by atoms with van der Waals surface area (Å²) in [6, 6.07) is 11.3. The fraction of sp³-hybridized carbons (Fsp3) is 0.500. The standard InChI is InChI=1S/C18H23NO2/c1-2-6-18(20)15-9-16-12-21-13-17(10-15)19(16)11-14-7-4-3-5-8-14/h2-8,15-17H,9-13H2,1H3/b6-2-. The molecule has 0 radical (unpaired) electrons. The van der Waals surface area contributed by atoms with E-state index in [4.69, 9.17) is 4.74 Å². The third-order valence-electron chi connectivity index (χ3n) is 4.61. The van der Waals surface area contributed by atoms with Gasteiger partial charge in [-0.2, -0.15) is 0 Å². The lowest BCUT2D eigenvalue weighted by molar-refractivity contribution is -0.129. The number of ketones is 1. The molecule has 2 aliphatic rings. The average molecular weight is 285 g/mol. The highest BCUT2D eigenvalue weighted by Gasteiger charge is 2.40. The number of nitrogens with zero attached hydrogens (tertiary/aromatic N) is 1. The van der Waals surface area contributed by atoms with Crippen molar-refractivity contribution in [2.75, 3.05) is 13.2 Å². The minimum Gasteiger partial charge on any atom is -0.378 e. The predicted octanol–water partition coefficient (Wildman–Crippen LogP) is 2.81. The van der Waals surface area contributed by atoms with Crippen molar-refractivity contribution in [3.05, 3.63) is 48.0 Å². The van der Waals surface area contributed by atoms with E-state index in [9.17, 15) is 4.79 Å². The Morgan fingerprint density at radius 3 is 2.52 bits per heavy atom. The van der Waals surface area contributed by atoms with Crippen LogP contribution in [0.15, 0.2) is 42.5 Å². The molecule has 1 aromatic carbocycles. The fourth-order valence-corrected chi connectivity index (χ4v) is 3.57. The zero-order valence-electron chi connectivity index (χ0n) is 12.6. The summed E-state index contributed by atoms with van der Waals surface area (Å²) in [6.07, 6.45) is 5.43. The van der Waals surface area contributed by atoms with Crippen molar-refractivity contribution >= 4 is 5.78 Å². The van der Waals surface area contributed by atoms with E-state index < -0.39 is 0 Å². The van der Waals surface area contributed by atoms with Crippen LogP contribution in [0.4, 0.5) is 0 Å². The van der Waals surface area contributed by atoms with Crippen LogP contribution in [-0.2, 0) is 16.1 Å². The molecule has 0 aromatic heterocycles. The van der Waals surface area contributed by atoms with Crippen LogP contribution in [-0.4, -0.2) is 36.0 Å². The Labute approximate surface area is 126 Å². The number of carbonyl (C=O) groups is 1. The molecule has 0 N–H and O–H groups in total. The quantitative estimate of drug-likeness (QED) is 0.797. The Balaban J connectivity index is 1.71. The van der Waals surface area contributed by atoms with Gasteiger partial charge in [-0.25, -0.2) is 0 Å². The molecule has 2 bridgehead atoms. The van der Waals surface area contributed by atoms with E-state index in [2.05, 4.69) is 35.2 Å². The molecule has 2 aliphatic heterocycles. The number of hydrogen-bond donors (Lipinski definition) is 0. The molecular formula is C18H23NO2. The first kappa shape index (κ1) is 14.5. The van der Waals surface area contributed by atoms with Gasteiger partial charge in [0.15, 0.2) is 5.78 Å². The SMILES string of the molecule is C/C=C\C(=O)C1CC2COCC(C1)N2Cc1ccccc1. The summed E-state index contributed by atoms with van der Waals surface area (Å²) in [4.78, 5) is 14.7. The van der Waals surface area contributed by atoms with Crippen molar-refractivity contribution < 1.29 is 9.53 Å². The molecule has 112 valence electrons. The third-order valence-corrected chi connectivity index (χ3v) is 4.61. The lowest BCUT2D eigenvalue weighted by atomic mass is 9.82. The van der Waals surface area contributed by atoms with E-state index in [0.29, 0.717) is 12.1 Å². The number of carbonyl (C=O) groups excluding carboxylic acids is 1. The van der Waals surface area contributed by atoms with Gasteiger partial charge in [-0.3, -0.25) is 9.69 Å². The number of benzene rings is 1. The van der Waals surface area contributed by atoms with E-state index in [-0.39, 0.29) is 11.7 Å². The Kier molecular flexibility index (Phi) is 4.51. The molecule has 0 amide bonds. The van der Waals surface area contributed by atoms with Crippen LogP contribution in [0.1, 0.15) is 25.3 Å². The number of fused-ring (bicyclic) bond motifs is 2. The molecule has 0 spiro atoms. The van der Waals surface area contributed by atoms with Crippen LogP contribution < -0.4 is 0 Å². The van der Waals surface area contributed by atoms with Gasteiger partial charge in [-0.15, -0.1) is 0 Å². The number of morpholine rings is 1. The third kappa shape index (κ3) is 3.25. The first-order valence-corrected chi connectivity index (χ1v) is 7.82. The summed E-state index contributed by atoms with van der Waals surface area (Å²) < 4.78 is 5.72. The van der Waals surface area contributed by atoms with Gasteiger partial charge in [0.2, 0.25) is 0 Å². The second kappa shape index (κ2) is 6.54. The van der Waals surface area contributed by atoms with Crippen LogP contribution in [0.25, 0.3) is 0 Å². The molecule has 2 saturated heterocycles. The summed E-state index contributed by atoms with van der Waals surface area (Å²) in [5.41, 5.74) is 1.34. The van der Waals surface area contributed by atoms with Crippen molar-refractivity contribution in [2.24, 2.45) is 5.92 Å². The number of rotatable bonds is 4. The van der Waals surface area contributed by atoms with Crippen LogP contribution >= 0.6 is 0 Å². The molecule has 2 heterocycles. The lowest BCUT2D eigenvalue weighted by Gasteiger charge is -2.48. The Bertz CT molecular complexity index is 497. The molecule has 2 fully saturated rings. The van der Waals surface area contributed by atoms with Gasteiger partial charge in [-0.1, -0.05) is 36.4 Å². The maximum Gasteiger partial charge on any atom is 0.158 e. The van der Waals surface area contributed by atoms with Gasteiger partial charge in [-0.05, 0) is 31.4 Å². The Morgan fingerprint density at radius 1 is 1.24 bits per heavy atom. The van der Waals surface area contributed by atoms with E-state index in [0.717, 1.165) is 32.6 Å². The van der Waals surface area contributed by atoms with Crippen LogP contribution in [0.3, 0.4) is 0 Å². The maximum atomic E-state index is 12.1. The second-order valence-electron chi connectivity index (χ2n) is 6.07. The number of hydrogen-bond acceptors (Lipinski definition) is 3. The van der Waals surface area contributed by atoms with Crippen molar-refractivity contribution in [1.29, 1.82) is 0 Å².